The molecule has 67 heavy (non-hydrogen) atoms. The first-order valence-electron chi connectivity index (χ1n) is 22.8. The summed E-state index contributed by atoms with van der Waals surface area (Å²) in [5, 5.41) is 15.7. The van der Waals surface area contributed by atoms with Gasteiger partial charge in [0.05, 0.1) is 39.0 Å². The Kier molecular flexibility index (Phi) is 7.63. The van der Waals surface area contributed by atoms with Crippen LogP contribution in [0, 0.1) is 0 Å². The molecule has 11 aromatic carbocycles. The predicted molar refractivity (Wildman–Crippen MR) is 284 cm³/mol. The van der Waals surface area contributed by atoms with Crippen LogP contribution in [0.2, 0.25) is 0 Å². The lowest BCUT2D eigenvalue weighted by Gasteiger charge is -2.16. The molecular formula is C62H36N4S. The highest BCUT2D eigenvalue weighted by Crippen LogP contribution is 2.44. The third-order valence-electron chi connectivity index (χ3n) is 14.1. The molecule has 0 fully saturated rings. The van der Waals surface area contributed by atoms with Crippen molar-refractivity contribution < 1.29 is 0 Å². The number of hydrogen-bond acceptors (Lipinski definition) is 3. The van der Waals surface area contributed by atoms with E-state index in [-0.39, 0.29) is 0 Å². The van der Waals surface area contributed by atoms with Crippen molar-refractivity contribution >= 4 is 118 Å². The fraction of sp³-hybridized carbons (Fsp3) is 0. The molecule has 0 aliphatic heterocycles. The van der Waals surface area contributed by atoms with Crippen LogP contribution in [0.15, 0.2) is 218 Å². The van der Waals surface area contributed by atoms with E-state index < -0.39 is 0 Å². The molecule has 0 saturated carbocycles. The van der Waals surface area contributed by atoms with Gasteiger partial charge in [-0.1, -0.05) is 158 Å². The van der Waals surface area contributed by atoms with Crippen LogP contribution in [0.5, 0.6) is 0 Å². The molecule has 4 heterocycles. The lowest BCUT2D eigenvalue weighted by Crippen LogP contribution is -2.00. The molecule has 5 heteroatoms. The zero-order valence-corrected chi connectivity index (χ0v) is 36.8. The van der Waals surface area contributed by atoms with E-state index in [9.17, 15) is 0 Å². The zero-order valence-electron chi connectivity index (χ0n) is 36.0. The summed E-state index contributed by atoms with van der Waals surface area (Å²) >= 11 is 1.84. The van der Waals surface area contributed by atoms with E-state index in [1.54, 1.807) is 0 Å². The van der Waals surface area contributed by atoms with Crippen molar-refractivity contribution in [3.8, 4) is 34.0 Å². The summed E-state index contributed by atoms with van der Waals surface area (Å²) in [6.45, 7) is 0. The number of benzene rings is 11. The van der Waals surface area contributed by atoms with Gasteiger partial charge in [-0.25, -0.2) is 9.97 Å². The quantitative estimate of drug-likeness (QED) is 0.177. The van der Waals surface area contributed by atoms with Gasteiger partial charge in [0, 0.05) is 69.3 Å². The highest BCUT2D eigenvalue weighted by molar-refractivity contribution is 7.26. The molecule has 0 aliphatic rings. The normalized spacial score (nSPS) is 12.2. The summed E-state index contributed by atoms with van der Waals surface area (Å²) in [4.78, 5) is 10.9. The van der Waals surface area contributed by atoms with Crippen LogP contribution in [0.1, 0.15) is 0 Å². The fourth-order valence-corrected chi connectivity index (χ4v) is 12.3. The Labute approximate surface area is 387 Å². The maximum Gasteiger partial charge on any atom is 0.161 e. The van der Waals surface area contributed by atoms with Gasteiger partial charge < -0.3 is 9.13 Å². The smallest absolute Gasteiger partial charge is 0.161 e. The number of hydrogen-bond donors (Lipinski definition) is 0. The van der Waals surface area contributed by atoms with Crippen molar-refractivity contribution in [2.45, 2.75) is 0 Å². The Morgan fingerprint density at radius 2 is 1.03 bits per heavy atom. The highest BCUT2D eigenvalue weighted by Gasteiger charge is 2.22. The number of aromatic nitrogens is 4. The van der Waals surface area contributed by atoms with Crippen molar-refractivity contribution in [1.82, 2.24) is 19.1 Å². The van der Waals surface area contributed by atoms with Crippen LogP contribution in [-0.4, -0.2) is 19.1 Å². The molecule has 4 aromatic heterocycles. The average molecular weight is 869 g/mol. The van der Waals surface area contributed by atoms with Crippen LogP contribution in [-0.2, 0) is 0 Å². The molecule has 310 valence electrons. The second-order valence-corrected chi connectivity index (χ2v) is 18.7. The van der Waals surface area contributed by atoms with Crippen molar-refractivity contribution in [3.05, 3.63) is 218 Å². The number of fused-ring (bicyclic) bond motifs is 14. The summed E-state index contributed by atoms with van der Waals surface area (Å²) in [5.74, 6) is 0.712. The first kappa shape index (κ1) is 36.7. The van der Waals surface area contributed by atoms with E-state index in [4.69, 9.17) is 9.97 Å². The summed E-state index contributed by atoms with van der Waals surface area (Å²) in [7, 11) is 0. The monoisotopic (exact) mass is 868 g/mol. The average Bonchev–Trinajstić information content (AvgIpc) is 4.05. The molecule has 0 spiro atoms. The molecule has 15 rings (SSSR count). The standard InChI is InChI=1S/C62H36N4S/c1-2-16-39-35-56-51(34-38(39)15-1)44-30-29-40(65-53-26-11-8-22-49(53)59-41-17-4-3-14-37(41)28-32-55(59)65)36-57(44)66(56)54-33-31-47(42-18-5-6-19-43(42)54)62-63-52-25-10-7-21-48(52)60(64-62)50-24-13-23-46-45-20-9-12-27-58(45)67-61(46)50/h1-36H. The molecule has 0 saturated heterocycles. The molecule has 0 unspecified atom stereocenters. The first-order valence-corrected chi connectivity index (χ1v) is 23.6. The molecule has 0 atom stereocenters. The molecule has 4 nitrogen and oxygen atoms in total. The highest BCUT2D eigenvalue weighted by atomic mass is 32.1. The molecule has 0 radical (unpaired) electrons. The summed E-state index contributed by atoms with van der Waals surface area (Å²) in [6, 6.07) is 79.7. The summed E-state index contributed by atoms with van der Waals surface area (Å²) < 4.78 is 7.46. The summed E-state index contributed by atoms with van der Waals surface area (Å²) in [6.07, 6.45) is 0. The molecular weight excluding hydrogens is 833 g/mol. The van der Waals surface area contributed by atoms with Gasteiger partial charge in [0.2, 0.25) is 0 Å². The predicted octanol–water partition coefficient (Wildman–Crippen LogP) is 17.0. The minimum absolute atomic E-state index is 0.712. The maximum absolute atomic E-state index is 5.53. The SMILES string of the molecule is c1ccc2cc3c(cc2c1)c1ccc(-n2c4ccccc4c4c5ccccc5ccc42)cc1n3-c1ccc(-c2nc(-c3cccc4c3sc3ccccc34)c3ccccc3n2)c2ccccc12. The molecule has 0 amide bonds. The van der Waals surface area contributed by atoms with Gasteiger partial charge in [-0.15, -0.1) is 11.3 Å². The van der Waals surface area contributed by atoms with E-state index in [0.29, 0.717) is 5.82 Å². The number of nitrogens with zero attached hydrogens (tertiary/aromatic N) is 4. The van der Waals surface area contributed by atoms with E-state index in [1.807, 2.05) is 11.3 Å². The molecule has 0 bridgehead atoms. The van der Waals surface area contributed by atoms with Gasteiger partial charge in [0.1, 0.15) is 0 Å². The van der Waals surface area contributed by atoms with Crippen molar-refractivity contribution in [2.24, 2.45) is 0 Å². The van der Waals surface area contributed by atoms with Crippen LogP contribution in [0.4, 0.5) is 0 Å². The van der Waals surface area contributed by atoms with Gasteiger partial charge in [-0.2, -0.15) is 0 Å². The Hall–Kier alpha value is -8.64. The van der Waals surface area contributed by atoms with Crippen LogP contribution in [0.3, 0.4) is 0 Å². The Balaban J connectivity index is 0.990. The van der Waals surface area contributed by atoms with Gasteiger partial charge >= 0.3 is 0 Å². The van der Waals surface area contributed by atoms with Crippen LogP contribution >= 0.6 is 11.3 Å². The maximum atomic E-state index is 5.53. The zero-order chi connectivity index (χ0) is 43.7. The van der Waals surface area contributed by atoms with Crippen LogP contribution < -0.4 is 0 Å². The van der Waals surface area contributed by atoms with Gasteiger partial charge in [-0.05, 0) is 87.6 Å². The minimum atomic E-state index is 0.712. The van der Waals surface area contributed by atoms with Crippen LogP contribution in [0.25, 0.3) is 141 Å². The molecule has 0 aliphatic carbocycles. The fourth-order valence-electron chi connectivity index (χ4n) is 11.1. The lowest BCUT2D eigenvalue weighted by atomic mass is 10.00. The lowest BCUT2D eigenvalue weighted by molar-refractivity contribution is 1.16. The number of rotatable bonds is 4. The third kappa shape index (κ3) is 5.29. The largest absolute Gasteiger partial charge is 0.309 e. The Bertz CT molecular complexity index is 4590. The van der Waals surface area contributed by atoms with E-state index in [2.05, 4.69) is 228 Å². The number of thiophene rings is 1. The molecule has 0 N–H and O–H groups in total. The van der Waals surface area contributed by atoms with Crippen molar-refractivity contribution in [1.29, 1.82) is 0 Å². The third-order valence-corrected chi connectivity index (χ3v) is 15.3. The molecule has 15 aromatic rings. The second kappa shape index (κ2) is 13.9. The van der Waals surface area contributed by atoms with E-state index in [0.717, 1.165) is 60.9 Å². The van der Waals surface area contributed by atoms with E-state index >= 15 is 0 Å². The topological polar surface area (TPSA) is 35.6 Å². The summed E-state index contributed by atoms with van der Waals surface area (Å²) in [5.41, 5.74) is 10.9. The van der Waals surface area contributed by atoms with Crippen molar-refractivity contribution in [3.63, 3.8) is 0 Å². The van der Waals surface area contributed by atoms with Gasteiger partial charge in [0.15, 0.2) is 5.82 Å². The first-order chi connectivity index (χ1) is 33.2. The van der Waals surface area contributed by atoms with Crippen molar-refractivity contribution in [2.75, 3.05) is 0 Å². The van der Waals surface area contributed by atoms with Gasteiger partial charge in [0.25, 0.3) is 0 Å². The van der Waals surface area contributed by atoms with Gasteiger partial charge in [-0.3, -0.25) is 0 Å². The Morgan fingerprint density at radius 1 is 0.343 bits per heavy atom. The minimum Gasteiger partial charge on any atom is -0.309 e. The second-order valence-electron chi connectivity index (χ2n) is 17.7. The Morgan fingerprint density at radius 3 is 1.91 bits per heavy atom. The number of para-hydroxylation sites is 2. The van der Waals surface area contributed by atoms with E-state index in [1.165, 1.54) is 74.3 Å².